The Kier molecular flexibility index (Phi) is 4.83. The third kappa shape index (κ3) is 3.82. The van der Waals surface area contributed by atoms with Gasteiger partial charge in [-0.15, -0.1) is 11.3 Å². The smallest absolute Gasteiger partial charge is 0.250 e. The van der Waals surface area contributed by atoms with Crippen LogP contribution in [0.15, 0.2) is 15.4 Å². The average molecular weight is 326 g/mol. The molecule has 0 aliphatic rings. The highest BCUT2D eigenvalue weighted by Gasteiger charge is 2.27. The molecule has 0 atom stereocenters. The van der Waals surface area contributed by atoms with E-state index in [4.69, 9.17) is 22.5 Å². The summed E-state index contributed by atoms with van der Waals surface area (Å²) in [4.78, 5) is 0. The number of nitrogens with two attached hydrogens (primary N) is 1. The highest BCUT2D eigenvalue weighted by Crippen LogP contribution is 2.30. The quantitative estimate of drug-likeness (QED) is 0.332. The molecule has 0 radical (unpaired) electrons. The van der Waals surface area contributed by atoms with Crippen molar-refractivity contribution in [3.8, 4) is 0 Å². The maximum absolute atomic E-state index is 12.1. The van der Waals surface area contributed by atoms with Crippen LogP contribution in [0.5, 0.6) is 0 Å². The van der Waals surface area contributed by atoms with Crippen LogP contribution in [0.3, 0.4) is 0 Å². The summed E-state index contributed by atoms with van der Waals surface area (Å²) >= 11 is 6.84. The van der Waals surface area contributed by atoms with Crippen LogP contribution in [0.25, 0.3) is 0 Å². The summed E-state index contributed by atoms with van der Waals surface area (Å²) in [5.74, 6) is -0.0457. The molecule has 4 N–H and O–H groups in total. The molecular formula is C10H16ClN3O3S2. The molecule has 0 unspecified atom stereocenters. The zero-order chi connectivity index (χ0) is 14.8. The van der Waals surface area contributed by atoms with E-state index in [-0.39, 0.29) is 16.6 Å². The summed E-state index contributed by atoms with van der Waals surface area (Å²) in [7, 11) is -3.64. The van der Waals surface area contributed by atoms with Crippen LogP contribution < -0.4 is 10.5 Å². The molecule has 1 aromatic heterocycles. The van der Waals surface area contributed by atoms with Gasteiger partial charge < -0.3 is 10.9 Å². The second-order valence-electron chi connectivity index (χ2n) is 4.72. The van der Waals surface area contributed by atoms with Crippen LogP contribution in [0.2, 0.25) is 4.34 Å². The van der Waals surface area contributed by atoms with Crippen molar-refractivity contribution in [1.82, 2.24) is 4.72 Å². The molecule has 0 fully saturated rings. The van der Waals surface area contributed by atoms with Crippen molar-refractivity contribution in [2.24, 2.45) is 16.3 Å². The van der Waals surface area contributed by atoms with E-state index < -0.39 is 15.4 Å². The summed E-state index contributed by atoms with van der Waals surface area (Å²) < 4.78 is 27.1. The Hall–Kier alpha value is -0.830. The molecule has 0 bridgehead atoms. The number of halogens is 1. The number of aryl methyl sites for hydroxylation is 1. The Morgan fingerprint density at radius 3 is 2.63 bits per heavy atom. The number of hydrogen-bond donors (Lipinski definition) is 3. The van der Waals surface area contributed by atoms with Gasteiger partial charge in [-0.05, 0) is 18.6 Å². The van der Waals surface area contributed by atoms with Gasteiger partial charge in [-0.1, -0.05) is 30.6 Å². The van der Waals surface area contributed by atoms with E-state index in [1.807, 2.05) is 0 Å². The fourth-order valence-electron chi connectivity index (χ4n) is 1.14. The molecule has 0 spiro atoms. The molecule has 1 heterocycles. The number of hydrogen-bond acceptors (Lipinski definition) is 5. The second kappa shape index (κ2) is 5.66. The third-order valence-corrected chi connectivity index (χ3v) is 6.03. The largest absolute Gasteiger partial charge is 0.409 e. The number of thiophene rings is 1. The van der Waals surface area contributed by atoms with Crippen molar-refractivity contribution in [2.45, 2.75) is 25.0 Å². The predicted molar refractivity (Wildman–Crippen MR) is 76.4 cm³/mol. The predicted octanol–water partition coefficient (Wildman–Crippen LogP) is 1.76. The van der Waals surface area contributed by atoms with Gasteiger partial charge >= 0.3 is 0 Å². The van der Waals surface area contributed by atoms with Crippen LogP contribution in [0, 0.1) is 12.3 Å². The van der Waals surface area contributed by atoms with Gasteiger partial charge in [-0.25, -0.2) is 13.1 Å². The van der Waals surface area contributed by atoms with Gasteiger partial charge in [0.2, 0.25) is 10.0 Å². The highest BCUT2D eigenvalue weighted by atomic mass is 35.5. The fraction of sp³-hybridized carbons (Fsp3) is 0.500. The first kappa shape index (κ1) is 16.2. The van der Waals surface area contributed by atoms with E-state index in [1.165, 1.54) is 6.07 Å². The van der Waals surface area contributed by atoms with Crippen LogP contribution in [0.1, 0.15) is 19.4 Å². The standard InChI is InChI=1S/C10H16ClN3O3S2/c1-6-4-7(18-8(6)11)19(16,17)13-5-10(2,3)9(12)14-15/h4,13,15H,5H2,1-3H3,(H2,12,14). The summed E-state index contributed by atoms with van der Waals surface area (Å²) in [6.45, 7) is 5.08. The SMILES string of the molecule is Cc1cc(S(=O)(=O)NCC(C)(C)/C(N)=N/O)sc1Cl. The molecule has 0 saturated heterocycles. The van der Waals surface area contributed by atoms with Crippen LogP contribution in [-0.2, 0) is 10.0 Å². The molecule has 6 nitrogen and oxygen atoms in total. The van der Waals surface area contributed by atoms with Gasteiger partial charge in [0.25, 0.3) is 0 Å². The number of oxime groups is 1. The maximum Gasteiger partial charge on any atom is 0.250 e. The average Bonchev–Trinajstić information content (AvgIpc) is 2.67. The van der Waals surface area contributed by atoms with Crippen molar-refractivity contribution in [1.29, 1.82) is 0 Å². The zero-order valence-corrected chi connectivity index (χ0v) is 13.2. The van der Waals surface area contributed by atoms with Crippen molar-refractivity contribution >= 4 is 38.8 Å². The van der Waals surface area contributed by atoms with E-state index in [0.717, 1.165) is 11.3 Å². The Morgan fingerprint density at radius 2 is 2.21 bits per heavy atom. The Balaban J connectivity index is 2.88. The monoisotopic (exact) mass is 325 g/mol. The molecule has 108 valence electrons. The first-order chi connectivity index (χ1) is 8.60. The van der Waals surface area contributed by atoms with Gasteiger partial charge in [0.05, 0.1) is 4.34 Å². The third-order valence-electron chi connectivity index (χ3n) is 2.60. The zero-order valence-electron chi connectivity index (χ0n) is 10.8. The number of rotatable bonds is 5. The fourth-order valence-corrected chi connectivity index (χ4v) is 4.10. The van der Waals surface area contributed by atoms with Crippen LogP contribution >= 0.6 is 22.9 Å². The second-order valence-corrected chi connectivity index (χ2v) is 8.36. The Morgan fingerprint density at radius 1 is 1.63 bits per heavy atom. The molecule has 19 heavy (non-hydrogen) atoms. The summed E-state index contributed by atoms with van der Waals surface area (Å²) in [5.41, 5.74) is 5.41. The topological polar surface area (TPSA) is 105 Å². The van der Waals surface area contributed by atoms with Gasteiger partial charge in [0.15, 0.2) is 0 Å². The van der Waals surface area contributed by atoms with Gasteiger partial charge in [-0.3, -0.25) is 0 Å². The number of amidine groups is 1. The molecule has 1 rings (SSSR count). The lowest BCUT2D eigenvalue weighted by molar-refractivity contribution is 0.307. The number of nitrogens with one attached hydrogen (secondary N) is 1. The van der Waals surface area contributed by atoms with E-state index >= 15 is 0 Å². The molecular weight excluding hydrogens is 310 g/mol. The van der Waals surface area contributed by atoms with Gasteiger partial charge in [0, 0.05) is 12.0 Å². The number of sulfonamides is 1. The molecule has 0 aromatic carbocycles. The van der Waals surface area contributed by atoms with Crippen molar-refractivity contribution < 1.29 is 13.6 Å². The molecule has 9 heteroatoms. The van der Waals surface area contributed by atoms with E-state index in [1.54, 1.807) is 20.8 Å². The van der Waals surface area contributed by atoms with Crippen LogP contribution in [0.4, 0.5) is 0 Å². The number of nitrogens with zero attached hydrogens (tertiary/aromatic N) is 1. The molecule has 0 aliphatic heterocycles. The minimum Gasteiger partial charge on any atom is -0.409 e. The lowest BCUT2D eigenvalue weighted by Gasteiger charge is -2.22. The van der Waals surface area contributed by atoms with Gasteiger partial charge in [-0.2, -0.15) is 0 Å². The molecule has 0 saturated carbocycles. The minimum absolute atomic E-state index is 0.0137. The van der Waals surface area contributed by atoms with Crippen LogP contribution in [-0.4, -0.2) is 26.0 Å². The summed E-state index contributed by atoms with van der Waals surface area (Å²) in [5, 5.41) is 11.5. The minimum atomic E-state index is -3.64. The normalized spacial score (nSPS) is 13.8. The van der Waals surface area contributed by atoms with Crippen molar-refractivity contribution in [3.05, 3.63) is 16.0 Å². The molecule has 1 aromatic rings. The van der Waals surface area contributed by atoms with Crippen molar-refractivity contribution in [3.63, 3.8) is 0 Å². The lowest BCUT2D eigenvalue weighted by atomic mass is 9.93. The summed E-state index contributed by atoms with van der Waals surface area (Å²) in [6.07, 6.45) is 0. The first-order valence-corrected chi connectivity index (χ1v) is 8.01. The molecule has 0 amide bonds. The maximum atomic E-state index is 12.1. The molecule has 0 aliphatic carbocycles. The van der Waals surface area contributed by atoms with E-state index in [2.05, 4.69) is 9.88 Å². The van der Waals surface area contributed by atoms with E-state index in [0.29, 0.717) is 9.90 Å². The van der Waals surface area contributed by atoms with E-state index in [9.17, 15) is 8.42 Å². The summed E-state index contributed by atoms with van der Waals surface area (Å²) in [6, 6.07) is 1.51. The van der Waals surface area contributed by atoms with Crippen molar-refractivity contribution in [2.75, 3.05) is 6.54 Å². The Bertz CT molecular complexity index is 574. The first-order valence-electron chi connectivity index (χ1n) is 5.34. The highest BCUT2D eigenvalue weighted by molar-refractivity contribution is 7.91. The lowest BCUT2D eigenvalue weighted by Crippen LogP contribution is -2.42. The Labute approximate surface area is 121 Å². The van der Waals surface area contributed by atoms with Gasteiger partial charge in [0.1, 0.15) is 10.0 Å².